The van der Waals surface area contributed by atoms with E-state index in [-0.39, 0.29) is 5.82 Å². The van der Waals surface area contributed by atoms with E-state index in [2.05, 4.69) is 10.3 Å². The molecule has 0 amide bonds. The molecule has 0 fully saturated rings. The lowest BCUT2D eigenvalue weighted by atomic mass is 10.1. The predicted octanol–water partition coefficient (Wildman–Crippen LogP) is 4.35. The van der Waals surface area contributed by atoms with Gasteiger partial charge in [0.2, 0.25) is 0 Å². The fraction of sp³-hybridized carbons (Fsp3) is 0. The van der Waals surface area contributed by atoms with E-state index in [0.29, 0.717) is 16.4 Å². The second kappa shape index (κ2) is 4.98. The summed E-state index contributed by atoms with van der Waals surface area (Å²) >= 11 is 5.89. The molecule has 0 radical (unpaired) electrons. The van der Waals surface area contributed by atoms with Crippen LogP contribution in [0.1, 0.15) is 0 Å². The molecule has 0 saturated heterocycles. The van der Waals surface area contributed by atoms with Gasteiger partial charge in [-0.1, -0.05) is 11.6 Å². The van der Waals surface area contributed by atoms with E-state index in [9.17, 15) is 4.39 Å². The highest BCUT2D eigenvalue weighted by Crippen LogP contribution is 2.31. The SMILES string of the molecule is Nc1ccc(Nc2cc(Cl)ccc2F)c2ccncc12. The highest BCUT2D eigenvalue weighted by molar-refractivity contribution is 6.30. The molecular weight excluding hydrogens is 277 g/mol. The number of rotatable bonds is 2. The molecule has 1 aromatic heterocycles. The van der Waals surface area contributed by atoms with Crippen LogP contribution >= 0.6 is 11.6 Å². The number of fused-ring (bicyclic) bond motifs is 1. The van der Waals surface area contributed by atoms with Crippen LogP contribution in [0.3, 0.4) is 0 Å². The number of hydrogen-bond acceptors (Lipinski definition) is 3. The average Bonchev–Trinajstić information content (AvgIpc) is 2.46. The third kappa shape index (κ3) is 2.26. The van der Waals surface area contributed by atoms with Crippen LogP contribution in [0.4, 0.5) is 21.5 Å². The summed E-state index contributed by atoms with van der Waals surface area (Å²) in [4.78, 5) is 4.05. The number of halogens is 2. The summed E-state index contributed by atoms with van der Waals surface area (Å²) in [5.41, 5.74) is 7.61. The van der Waals surface area contributed by atoms with E-state index in [1.807, 2.05) is 6.07 Å². The summed E-state index contributed by atoms with van der Waals surface area (Å²) in [7, 11) is 0. The van der Waals surface area contributed by atoms with E-state index in [4.69, 9.17) is 17.3 Å². The third-order valence-electron chi connectivity index (χ3n) is 3.05. The van der Waals surface area contributed by atoms with Crippen LogP contribution < -0.4 is 11.1 Å². The fourth-order valence-corrected chi connectivity index (χ4v) is 2.23. The summed E-state index contributed by atoms with van der Waals surface area (Å²) in [6, 6.07) is 9.77. The number of aromatic nitrogens is 1. The molecule has 0 aliphatic heterocycles. The van der Waals surface area contributed by atoms with Crippen molar-refractivity contribution in [1.82, 2.24) is 4.98 Å². The van der Waals surface area contributed by atoms with Crippen molar-refractivity contribution in [3.63, 3.8) is 0 Å². The maximum atomic E-state index is 13.8. The largest absolute Gasteiger partial charge is 0.398 e. The summed E-state index contributed by atoms with van der Waals surface area (Å²) in [5, 5.41) is 5.20. The van der Waals surface area contributed by atoms with Gasteiger partial charge in [0.25, 0.3) is 0 Å². The quantitative estimate of drug-likeness (QED) is 0.689. The van der Waals surface area contributed by atoms with Gasteiger partial charge in [-0.3, -0.25) is 4.98 Å². The predicted molar refractivity (Wildman–Crippen MR) is 80.8 cm³/mol. The summed E-state index contributed by atoms with van der Waals surface area (Å²) in [5.74, 6) is -0.367. The van der Waals surface area contributed by atoms with Crippen molar-refractivity contribution in [2.45, 2.75) is 0 Å². The molecule has 100 valence electrons. The molecule has 0 aliphatic rings. The zero-order valence-corrected chi connectivity index (χ0v) is 11.2. The number of nitrogens with one attached hydrogen (secondary N) is 1. The molecule has 2 aromatic carbocycles. The molecule has 0 bridgehead atoms. The number of nitrogens with zero attached hydrogens (tertiary/aromatic N) is 1. The molecule has 3 aromatic rings. The highest BCUT2D eigenvalue weighted by Gasteiger charge is 2.07. The Morgan fingerprint density at radius 3 is 2.75 bits per heavy atom. The molecular formula is C15H11ClFN3. The van der Waals surface area contributed by atoms with Crippen molar-refractivity contribution < 1.29 is 4.39 Å². The van der Waals surface area contributed by atoms with Crippen molar-refractivity contribution >= 4 is 39.4 Å². The number of nitrogen functional groups attached to an aromatic ring is 1. The van der Waals surface area contributed by atoms with Crippen molar-refractivity contribution in [3.05, 3.63) is 59.6 Å². The lowest BCUT2D eigenvalue weighted by molar-refractivity contribution is 0.632. The van der Waals surface area contributed by atoms with Crippen molar-refractivity contribution in [3.8, 4) is 0 Å². The van der Waals surface area contributed by atoms with Crippen LogP contribution in [0.5, 0.6) is 0 Å². The topological polar surface area (TPSA) is 50.9 Å². The Balaban J connectivity index is 2.11. The first-order chi connectivity index (χ1) is 9.65. The Bertz CT molecular complexity index is 789. The van der Waals surface area contributed by atoms with E-state index in [0.717, 1.165) is 16.5 Å². The molecule has 3 nitrogen and oxygen atoms in total. The monoisotopic (exact) mass is 287 g/mol. The second-order valence-corrected chi connectivity index (χ2v) is 4.81. The van der Waals surface area contributed by atoms with Gasteiger partial charge in [-0.2, -0.15) is 0 Å². The van der Waals surface area contributed by atoms with Crippen LogP contribution in [0.25, 0.3) is 10.8 Å². The Hall–Kier alpha value is -2.33. The third-order valence-corrected chi connectivity index (χ3v) is 3.28. The minimum atomic E-state index is -0.367. The molecule has 0 spiro atoms. The first-order valence-corrected chi connectivity index (χ1v) is 6.37. The Morgan fingerprint density at radius 1 is 1.05 bits per heavy atom. The summed E-state index contributed by atoms with van der Waals surface area (Å²) in [6.07, 6.45) is 3.35. The lowest BCUT2D eigenvalue weighted by Gasteiger charge is -2.12. The zero-order chi connectivity index (χ0) is 14.1. The first-order valence-electron chi connectivity index (χ1n) is 5.99. The van der Waals surface area contributed by atoms with Gasteiger partial charge < -0.3 is 11.1 Å². The van der Waals surface area contributed by atoms with Gasteiger partial charge in [-0.25, -0.2) is 4.39 Å². The van der Waals surface area contributed by atoms with Gasteiger partial charge in [-0.05, 0) is 36.4 Å². The number of anilines is 3. The van der Waals surface area contributed by atoms with E-state index < -0.39 is 0 Å². The van der Waals surface area contributed by atoms with Gasteiger partial charge in [0.1, 0.15) is 5.82 Å². The molecule has 3 rings (SSSR count). The molecule has 0 saturated carbocycles. The smallest absolute Gasteiger partial charge is 0.146 e. The molecule has 1 heterocycles. The number of nitrogens with two attached hydrogens (primary N) is 1. The minimum Gasteiger partial charge on any atom is -0.398 e. The first kappa shape index (κ1) is 12.7. The molecule has 0 aliphatic carbocycles. The van der Waals surface area contributed by atoms with Crippen molar-refractivity contribution in [1.29, 1.82) is 0 Å². The van der Waals surface area contributed by atoms with E-state index in [1.54, 1.807) is 30.6 Å². The van der Waals surface area contributed by atoms with Crippen LogP contribution in [0.2, 0.25) is 5.02 Å². The van der Waals surface area contributed by atoms with Crippen LogP contribution in [0, 0.1) is 5.82 Å². The van der Waals surface area contributed by atoms with E-state index >= 15 is 0 Å². The molecule has 3 N–H and O–H groups in total. The van der Waals surface area contributed by atoms with Crippen LogP contribution in [-0.2, 0) is 0 Å². The lowest BCUT2D eigenvalue weighted by Crippen LogP contribution is -1.96. The Labute approximate surface area is 120 Å². The Morgan fingerprint density at radius 2 is 1.90 bits per heavy atom. The zero-order valence-electron chi connectivity index (χ0n) is 10.4. The minimum absolute atomic E-state index is 0.320. The van der Waals surface area contributed by atoms with Crippen LogP contribution in [0.15, 0.2) is 48.8 Å². The van der Waals surface area contributed by atoms with Crippen LogP contribution in [-0.4, -0.2) is 4.98 Å². The summed E-state index contributed by atoms with van der Waals surface area (Å²) < 4.78 is 13.8. The normalized spacial score (nSPS) is 10.7. The molecule has 20 heavy (non-hydrogen) atoms. The highest BCUT2D eigenvalue weighted by atomic mass is 35.5. The second-order valence-electron chi connectivity index (χ2n) is 4.37. The van der Waals surface area contributed by atoms with Gasteiger partial charge in [0, 0.05) is 39.6 Å². The standard InChI is InChI=1S/C15H11ClFN3/c16-9-1-2-12(17)15(7-9)20-14-4-3-13(18)11-8-19-6-5-10(11)14/h1-8,20H,18H2. The van der Waals surface area contributed by atoms with Crippen molar-refractivity contribution in [2.24, 2.45) is 0 Å². The number of benzene rings is 2. The molecule has 0 atom stereocenters. The summed E-state index contributed by atoms with van der Waals surface area (Å²) in [6.45, 7) is 0. The van der Waals surface area contributed by atoms with Gasteiger partial charge >= 0.3 is 0 Å². The molecule has 5 heteroatoms. The average molecular weight is 288 g/mol. The maximum absolute atomic E-state index is 13.8. The number of hydrogen-bond donors (Lipinski definition) is 2. The number of pyridine rings is 1. The van der Waals surface area contributed by atoms with E-state index in [1.165, 1.54) is 12.1 Å². The molecule has 0 unspecified atom stereocenters. The fourth-order valence-electron chi connectivity index (χ4n) is 2.06. The Kier molecular flexibility index (Phi) is 3.16. The van der Waals surface area contributed by atoms with Gasteiger partial charge in [0.15, 0.2) is 0 Å². The van der Waals surface area contributed by atoms with Gasteiger partial charge in [-0.15, -0.1) is 0 Å². The van der Waals surface area contributed by atoms with Crippen molar-refractivity contribution in [2.75, 3.05) is 11.1 Å². The maximum Gasteiger partial charge on any atom is 0.146 e. The van der Waals surface area contributed by atoms with Gasteiger partial charge in [0.05, 0.1) is 5.69 Å².